The normalized spacial score (nSPS) is 19.1. The quantitative estimate of drug-likeness (QED) is 0.760. The number of amides is 1. The molecule has 1 aromatic carbocycles. The first kappa shape index (κ1) is 13.5. The van der Waals surface area contributed by atoms with Crippen LogP contribution in [-0.4, -0.2) is 36.3 Å². The first-order chi connectivity index (χ1) is 9.76. The molecule has 5 heteroatoms. The highest BCUT2D eigenvalue weighted by molar-refractivity contribution is 7.98. The third-order valence-electron chi connectivity index (χ3n) is 3.71. The van der Waals surface area contributed by atoms with Gasteiger partial charge in [-0.05, 0) is 43.8 Å². The van der Waals surface area contributed by atoms with E-state index in [0.29, 0.717) is 5.69 Å². The van der Waals surface area contributed by atoms with Crippen molar-refractivity contribution in [3.8, 4) is 0 Å². The van der Waals surface area contributed by atoms with Crippen LogP contribution in [0.25, 0.3) is 10.9 Å². The maximum atomic E-state index is 12.3. The second-order valence-electron chi connectivity index (χ2n) is 5.15. The lowest BCUT2D eigenvalue weighted by Crippen LogP contribution is -2.45. The molecule has 3 N–H and O–H groups in total. The fourth-order valence-corrected chi connectivity index (χ4v) is 3.03. The van der Waals surface area contributed by atoms with Gasteiger partial charge in [0.1, 0.15) is 5.69 Å². The maximum absolute atomic E-state index is 12.3. The standard InChI is InChI=1S/C15H19N3OS/c1-20-12-5-4-10-7-14(18-13(10)8-12)15(19)17-11-3-2-6-16-9-11/h4-5,7-8,11,16,18H,2-3,6,9H2,1H3,(H,17,19). The largest absolute Gasteiger partial charge is 0.350 e. The number of H-pyrrole nitrogens is 1. The third kappa shape index (κ3) is 2.83. The Kier molecular flexibility index (Phi) is 3.98. The number of hydrogen-bond donors (Lipinski definition) is 3. The van der Waals surface area contributed by atoms with E-state index < -0.39 is 0 Å². The number of aromatic amines is 1. The molecule has 1 aliphatic heterocycles. The van der Waals surface area contributed by atoms with Crippen LogP contribution in [0.1, 0.15) is 23.3 Å². The molecule has 1 aromatic heterocycles. The Morgan fingerprint density at radius 2 is 2.30 bits per heavy atom. The van der Waals surface area contributed by atoms with Gasteiger partial charge < -0.3 is 15.6 Å². The summed E-state index contributed by atoms with van der Waals surface area (Å²) in [6, 6.07) is 8.37. The average molecular weight is 289 g/mol. The van der Waals surface area contributed by atoms with Gasteiger partial charge in [-0.25, -0.2) is 0 Å². The molecule has 0 spiro atoms. The first-order valence-corrected chi connectivity index (χ1v) is 8.17. The zero-order valence-electron chi connectivity index (χ0n) is 11.5. The van der Waals surface area contributed by atoms with Gasteiger partial charge in [0.15, 0.2) is 0 Å². The summed E-state index contributed by atoms with van der Waals surface area (Å²) in [6.45, 7) is 1.92. The number of benzene rings is 1. The Labute approximate surface area is 122 Å². The fourth-order valence-electron chi connectivity index (χ4n) is 2.59. The smallest absolute Gasteiger partial charge is 0.267 e. The summed E-state index contributed by atoms with van der Waals surface area (Å²) >= 11 is 1.70. The van der Waals surface area contributed by atoms with Crippen molar-refractivity contribution in [2.24, 2.45) is 0 Å². The van der Waals surface area contributed by atoms with Crippen LogP contribution >= 0.6 is 11.8 Å². The molecule has 0 saturated carbocycles. The molecule has 3 rings (SSSR count). The van der Waals surface area contributed by atoms with Crippen molar-refractivity contribution in [3.63, 3.8) is 0 Å². The van der Waals surface area contributed by atoms with Crippen molar-refractivity contribution in [1.29, 1.82) is 0 Å². The van der Waals surface area contributed by atoms with E-state index in [4.69, 9.17) is 0 Å². The van der Waals surface area contributed by atoms with Crippen LogP contribution < -0.4 is 10.6 Å². The lowest BCUT2D eigenvalue weighted by molar-refractivity contribution is 0.0926. The van der Waals surface area contributed by atoms with Gasteiger partial charge >= 0.3 is 0 Å². The number of fused-ring (bicyclic) bond motifs is 1. The zero-order valence-corrected chi connectivity index (χ0v) is 12.3. The van der Waals surface area contributed by atoms with Crippen LogP contribution in [-0.2, 0) is 0 Å². The van der Waals surface area contributed by atoms with Gasteiger partial charge in [-0.2, -0.15) is 0 Å². The predicted molar refractivity (Wildman–Crippen MR) is 83.4 cm³/mol. The van der Waals surface area contributed by atoms with Gasteiger partial charge in [0.2, 0.25) is 0 Å². The molecule has 0 aliphatic carbocycles. The topological polar surface area (TPSA) is 56.9 Å². The molecule has 0 radical (unpaired) electrons. The minimum absolute atomic E-state index is 0.0133. The third-order valence-corrected chi connectivity index (χ3v) is 4.43. The van der Waals surface area contributed by atoms with Crippen LogP contribution in [0, 0.1) is 0 Å². The van der Waals surface area contributed by atoms with E-state index in [2.05, 4.69) is 33.8 Å². The highest BCUT2D eigenvalue weighted by Gasteiger charge is 2.17. The second-order valence-corrected chi connectivity index (χ2v) is 6.03. The minimum Gasteiger partial charge on any atom is -0.350 e. The van der Waals surface area contributed by atoms with Gasteiger partial charge in [-0.3, -0.25) is 4.79 Å². The van der Waals surface area contributed by atoms with E-state index in [0.717, 1.165) is 36.8 Å². The Morgan fingerprint density at radius 1 is 1.40 bits per heavy atom. The summed E-state index contributed by atoms with van der Waals surface area (Å²) in [6.07, 6.45) is 4.22. The molecule has 4 nitrogen and oxygen atoms in total. The average Bonchev–Trinajstić information content (AvgIpc) is 2.91. The number of carbonyl (C=O) groups is 1. The van der Waals surface area contributed by atoms with Crippen molar-refractivity contribution < 1.29 is 4.79 Å². The molecular formula is C15H19N3OS. The highest BCUT2D eigenvalue weighted by Crippen LogP contribution is 2.22. The van der Waals surface area contributed by atoms with Crippen molar-refractivity contribution in [2.75, 3.05) is 19.3 Å². The SMILES string of the molecule is CSc1ccc2cc(C(=O)NC3CCCNC3)[nH]c2c1. The summed E-state index contributed by atoms with van der Waals surface area (Å²) in [4.78, 5) is 16.7. The van der Waals surface area contributed by atoms with E-state index >= 15 is 0 Å². The van der Waals surface area contributed by atoms with Crippen LogP contribution in [0.15, 0.2) is 29.2 Å². The Bertz CT molecular complexity index is 617. The number of thioether (sulfide) groups is 1. The van der Waals surface area contributed by atoms with Crippen LogP contribution in [0.2, 0.25) is 0 Å². The number of nitrogens with one attached hydrogen (secondary N) is 3. The maximum Gasteiger partial charge on any atom is 0.267 e. The molecule has 1 saturated heterocycles. The van der Waals surface area contributed by atoms with Crippen LogP contribution in [0.5, 0.6) is 0 Å². The van der Waals surface area contributed by atoms with Gasteiger partial charge in [0.25, 0.3) is 5.91 Å². The molecule has 106 valence electrons. The van der Waals surface area contributed by atoms with Crippen molar-refractivity contribution >= 4 is 28.6 Å². The molecule has 1 fully saturated rings. The molecule has 2 heterocycles. The van der Waals surface area contributed by atoms with Gasteiger partial charge in [0.05, 0.1) is 0 Å². The minimum atomic E-state index is -0.0133. The van der Waals surface area contributed by atoms with Crippen molar-refractivity contribution in [1.82, 2.24) is 15.6 Å². The summed E-state index contributed by atoms with van der Waals surface area (Å²) in [5.41, 5.74) is 1.66. The van der Waals surface area contributed by atoms with E-state index in [1.54, 1.807) is 11.8 Å². The fraction of sp³-hybridized carbons (Fsp3) is 0.400. The Morgan fingerprint density at radius 3 is 3.05 bits per heavy atom. The van der Waals surface area contributed by atoms with Gasteiger partial charge in [0, 0.05) is 28.4 Å². The second kappa shape index (κ2) is 5.89. The first-order valence-electron chi connectivity index (χ1n) is 6.94. The van der Waals surface area contributed by atoms with E-state index in [9.17, 15) is 4.79 Å². The summed E-state index contributed by atoms with van der Waals surface area (Å²) in [5.74, 6) is -0.0133. The molecule has 1 unspecified atom stereocenters. The molecule has 1 amide bonds. The van der Waals surface area contributed by atoms with Crippen LogP contribution in [0.3, 0.4) is 0 Å². The molecule has 0 bridgehead atoms. The number of piperidine rings is 1. The van der Waals surface area contributed by atoms with Crippen molar-refractivity contribution in [2.45, 2.75) is 23.8 Å². The number of carbonyl (C=O) groups excluding carboxylic acids is 1. The van der Waals surface area contributed by atoms with E-state index in [1.165, 1.54) is 4.90 Å². The lowest BCUT2D eigenvalue weighted by Gasteiger charge is -2.23. The Hall–Kier alpha value is -1.46. The molecule has 2 aromatic rings. The Balaban J connectivity index is 1.77. The lowest BCUT2D eigenvalue weighted by atomic mass is 10.1. The van der Waals surface area contributed by atoms with E-state index in [1.807, 2.05) is 12.3 Å². The highest BCUT2D eigenvalue weighted by atomic mass is 32.2. The summed E-state index contributed by atoms with van der Waals surface area (Å²) < 4.78 is 0. The monoisotopic (exact) mass is 289 g/mol. The number of aromatic nitrogens is 1. The summed E-state index contributed by atoms with van der Waals surface area (Å²) in [7, 11) is 0. The molecular weight excluding hydrogens is 270 g/mol. The zero-order chi connectivity index (χ0) is 13.9. The molecule has 20 heavy (non-hydrogen) atoms. The van der Waals surface area contributed by atoms with Gasteiger partial charge in [-0.15, -0.1) is 11.8 Å². The molecule has 1 aliphatic rings. The number of rotatable bonds is 3. The summed E-state index contributed by atoms with van der Waals surface area (Å²) in [5, 5.41) is 7.47. The molecule has 1 atom stereocenters. The van der Waals surface area contributed by atoms with Crippen LogP contribution in [0.4, 0.5) is 0 Å². The van der Waals surface area contributed by atoms with Gasteiger partial charge in [-0.1, -0.05) is 6.07 Å². The van der Waals surface area contributed by atoms with Crippen molar-refractivity contribution in [3.05, 3.63) is 30.0 Å². The number of hydrogen-bond acceptors (Lipinski definition) is 3. The van der Waals surface area contributed by atoms with E-state index in [-0.39, 0.29) is 11.9 Å². The predicted octanol–water partition coefficient (Wildman–Crippen LogP) is 2.37.